The minimum absolute atomic E-state index is 0.625. The second-order valence-electron chi connectivity index (χ2n) is 3.86. The van der Waals surface area contributed by atoms with Crippen LogP contribution >= 0.6 is 11.6 Å². The predicted molar refractivity (Wildman–Crippen MR) is 64.4 cm³/mol. The molecule has 0 fully saturated rings. The van der Waals surface area contributed by atoms with E-state index in [9.17, 15) is 0 Å². The smallest absolute Gasteiger partial charge is 0.135 e. The molecule has 1 heterocycles. The Labute approximate surface area is 97.1 Å². The van der Waals surface area contributed by atoms with Crippen LogP contribution in [0.3, 0.4) is 0 Å². The third-order valence-corrected chi connectivity index (χ3v) is 2.84. The number of unbranched alkanes of at least 4 members (excludes halogenated alkanes) is 1. The normalized spacial score (nSPS) is 10.7. The van der Waals surface area contributed by atoms with Crippen LogP contribution in [0.4, 0.5) is 0 Å². The average molecular weight is 227 g/mol. The van der Waals surface area contributed by atoms with Crippen molar-refractivity contribution >= 4 is 11.6 Å². The van der Waals surface area contributed by atoms with Crippen molar-refractivity contribution in [2.24, 2.45) is 0 Å². The van der Waals surface area contributed by atoms with Crippen LogP contribution in [0.2, 0.25) is 5.15 Å². The largest absolute Gasteiger partial charge is 0.238 e. The van der Waals surface area contributed by atoms with E-state index < -0.39 is 0 Å². The third kappa shape index (κ3) is 3.45. The van der Waals surface area contributed by atoms with Gasteiger partial charge in [-0.25, -0.2) is 9.97 Å². The quantitative estimate of drug-likeness (QED) is 0.715. The number of nitrogens with zero attached hydrogens (tertiary/aromatic N) is 2. The SMILES string of the molecule is CCCCc1nc(CCC)nc(Cl)c1C. The van der Waals surface area contributed by atoms with Crippen molar-refractivity contribution in [2.45, 2.75) is 52.9 Å². The van der Waals surface area contributed by atoms with E-state index in [1.807, 2.05) is 6.92 Å². The van der Waals surface area contributed by atoms with Gasteiger partial charge in [0.2, 0.25) is 0 Å². The van der Waals surface area contributed by atoms with Gasteiger partial charge in [-0.1, -0.05) is 31.9 Å². The van der Waals surface area contributed by atoms with Crippen molar-refractivity contribution in [3.8, 4) is 0 Å². The Kier molecular flexibility index (Phi) is 5.03. The van der Waals surface area contributed by atoms with Gasteiger partial charge in [-0.3, -0.25) is 0 Å². The molecule has 2 nitrogen and oxygen atoms in total. The highest BCUT2D eigenvalue weighted by Crippen LogP contribution is 2.17. The molecular weight excluding hydrogens is 208 g/mol. The summed E-state index contributed by atoms with van der Waals surface area (Å²) in [5, 5.41) is 0.625. The first-order chi connectivity index (χ1) is 7.19. The van der Waals surface area contributed by atoms with Crippen LogP contribution in [0.25, 0.3) is 0 Å². The minimum Gasteiger partial charge on any atom is -0.238 e. The molecule has 0 aromatic carbocycles. The summed E-state index contributed by atoms with van der Waals surface area (Å²) < 4.78 is 0. The van der Waals surface area contributed by atoms with Crippen molar-refractivity contribution < 1.29 is 0 Å². The van der Waals surface area contributed by atoms with Gasteiger partial charge < -0.3 is 0 Å². The summed E-state index contributed by atoms with van der Waals surface area (Å²) in [7, 11) is 0. The first-order valence-corrected chi connectivity index (χ1v) is 6.08. The van der Waals surface area contributed by atoms with E-state index in [1.165, 1.54) is 12.8 Å². The lowest BCUT2D eigenvalue weighted by Crippen LogP contribution is -2.03. The molecule has 0 saturated heterocycles. The molecule has 0 aliphatic carbocycles. The van der Waals surface area contributed by atoms with Crippen LogP contribution in [-0.4, -0.2) is 9.97 Å². The van der Waals surface area contributed by atoms with Gasteiger partial charge in [-0.2, -0.15) is 0 Å². The summed E-state index contributed by atoms with van der Waals surface area (Å²) in [5.41, 5.74) is 2.17. The zero-order valence-corrected chi connectivity index (χ0v) is 10.6. The van der Waals surface area contributed by atoms with Gasteiger partial charge in [0.05, 0.1) is 0 Å². The van der Waals surface area contributed by atoms with E-state index in [0.29, 0.717) is 5.15 Å². The summed E-state index contributed by atoms with van der Waals surface area (Å²) in [6.07, 6.45) is 5.34. The molecule has 0 radical (unpaired) electrons. The van der Waals surface area contributed by atoms with Gasteiger partial charge in [-0.05, 0) is 26.2 Å². The van der Waals surface area contributed by atoms with Crippen molar-refractivity contribution in [1.29, 1.82) is 0 Å². The Morgan fingerprint density at radius 1 is 1.07 bits per heavy atom. The molecule has 0 amide bonds. The molecule has 0 saturated carbocycles. The molecule has 15 heavy (non-hydrogen) atoms. The number of hydrogen-bond donors (Lipinski definition) is 0. The summed E-state index contributed by atoms with van der Waals surface area (Å²) >= 11 is 6.08. The maximum Gasteiger partial charge on any atom is 0.135 e. The topological polar surface area (TPSA) is 25.8 Å². The van der Waals surface area contributed by atoms with Crippen LogP contribution in [0.5, 0.6) is 0 Å². The summed E-state index contributed by atoms with van der Waals surface area (Å²) in [6, 6.07) is 0. The molecule has 0 bridgehead atoms. The maximum absolute atomic E-state index is 6.08. The van der Waals surface area contributed by atoms with Gasteiger partial charge in [0.15, 0.2) is 0 Å². The summed E-state index contributed by atoms with van der Waals surface area (Å²) in [5.74, 6) is 0.888. The molecule has 0 aliphatic heterocycles. The molecule has 0 unspecified atom stereocenters. The van der Waals surface area contributed by atoms with E-state index in [1.54, 1.807) is 0 Å². The molecule has 84 valence electrons. The first-order valence-electron chi connectivity index (χ1n) is 5.70. The molecular formula is C12H19ClN2. The van der Waals surface area contributed by atoms with E-state index >= 15 is 0 Å². The predicted octanol–water partition coefficient (Wildman–Crippen LogP) is 3.73. The second kappa shape index (κ2) is 6.06. The molecule has 0 spiro atoms. The Hall–Kier alpha value is -0.630. The molecule has 1 aromatic rings. The fourth-order valence-corrected chi connectivity index (χ4v) is 1.71. The molecule has 3 heteroatoms. The van der Waals surface area contributed by atoms with Crippen LogP contribution in [0.15, 0.2) is 0 Å². The summed E-state index contributed by atoms with van der Waals surface area (Å²) in [6.45, 7) is 6.32. The van der Waals surface area contributed by atoms with E-state index in [-0.39, 0.29) is 0 Å². The van der Waals surface area contributed by atoms with Crippen molar-refractivity contribution in [1.82, 2.24) is 9.97 Å². The average Bonchev–Trinajstić information content (AvgIpc) is 2.21. The lowest BCUT2D eigenvalue weighted by Gasteiger charge is -2.08. The third-order valence-electron chi connectivity index (χ3n) is 2.47. The van der Waals surface area contributed by atoms with Gasteiger partial charge in [-0.15, -0.1) is 0 Å². The van der Waals surface area contributed by atoms with Gasteiger partial charge >= 0.3 is 0 Å². The lowest BCUT2D eigenvalue weighted by atomic mass is 10.1. The van der Waals surface area contributed by atoms with Crippen molar-refractivity contribution in [2.75, 3.05) is 0 Å². The monoisotopic (exact) mass is 226 g/mol. The molecule has 0 atom stereocenters. The standard InChI is InChI=1S/C12H19ClN2/c1-4-6-8-10-9(3)12(13)15-11(14-10)7-5-2/h4-8H2,1-3H3. The Morgan fingerprint density at radius 2 is 1.80 bits per heavy atom. The molecule has 0 N–H and O–H groups in total. The second-order valence-corrected chi connectivity index (χ2v) is 4.21. The molecule has 0 aliphatic rings. The van der Waals surface area contributed by atoms with Crippen LogP contribution in [-0.2, 0) is 12.8 Å². The number of aryl methyl sites for hydroxylation is 2. The summed E-state index contributed by atoms with van der Waals surface area (Å²) in [4.78, 5) is 8.85. The minimum atomic E-state index is 0.625. The molecule has 1 aromatic heterocycles. The van der Waals surface area contributed by atoms with Gasteiger partial charge in [0, 0.05) is 17.7 Å². The number of rotatable bonds is 5. The zero-order chi connectivity index (χ0) is 11.3. The number of halogens is 1. The lowest BCUT2D eigenvalue weighted by molar-refractivity contribution is 0.743. The Morgan fingerprint density at radius 3 is 2.40 bits per heavy atom. The molecule has 1 rings (SSSR count). The highest BCUT2D eigenvalue weighted by atomic mass is 35.5. The Bertz CT molecular complexity index is 324. The van der Waals surface area contributed by atoms with Crippen LogP contribution in [0, 0.1) is 6.92 Å². The first kappa shape index (κ1) is 12.4. The van der Waals surface area contributed by atoms with Crippen LogP contribution in [0.1, 0.15) is 50.2 Å². The fraction of sp³-hybridized carbons (Fsp3) is 0.667. The maximum atomic E-state index is 6.08. The number of hydrogen-bond acceptors (Lipinski definition) is 2. The highest BCUT2D eigenvalue weighted by Gasteiger charge is 2.08. The van der Waals surface area contributed by atoms with Gasteiger partial charge in [0.25, 0.3) is 0 Å². The van der Waals surface area contributed by atoms with Crippen LogP contribution < -0.4 is 0 Å². The van der Waals surface area contributed by atoms with Gasteiger partial charge in [0.1, 0.15) is 11.0 Å². The van der Waals surface area contributed by atoms with Crippen molar-refractivity contribution in [3.63, 3.8) is 0 Å². The van der Waals surface area contributed by atoms with Crippen molar-refractivity contribution in [3.05, 3.63) is 22.2 Å². The highest BCUT2D eigenvalue weighted by molar-refractivity contribution is 6.30. The Balaban J connectivity index is 2.91. The number of aromatic nitrogens is 2. The van der Waals surface area contributed by atoms with E-state index in [2.05, 4.69) is 23.8 Å². The van der Waals surface area contributed by atoms with E-state index in [0.717, 1.165) is 36.3 Å². The fourth-order valence-electron chi connectivity index (χ4n) is 1.50. The van der Waals surface area contributed by atoms with E-state index in [4.69, 9.17) is 11.6 Å². The zero-order valence-electron chi connectivity index (χ0n) is 9.81.